The van der Waals surface area contributed by atoms with Gasteiger partial charge in [-0.25, -0.2) is 0 Å². The van der Waals surface area contributed by atoms with Crippen LogP contribution in [0.5, 0.6) is 0 Å². The molecule has 1 amide bonds. The number of piperidine rings is 1. The number of amides is 1. The molecule has 0 bridgehead atoms. The predicted octanol–water partition coefficient (Wildman–Crippen LogP) is 3.68. The van der Waals surface area contributed by atoms with E-state index in [1.54, 1.807) is 0 Å². The minimum absolute atomic E-state index is 0.0707. The number of carbonyl (C=O) groups excluding carboxylic acids is 1. The van der Waals surface area contributed by atoms with Crippen LogP contribution in [0.15, 0.2) is 54.6 Å². The summed E-state index contributed by atoms with van der Waals surface area (Å²) in [5.74, 6) is -0.0707. The number of likely N-dealkylation sites (N-methyl/N-ethyl adjacent to an activating group) is 1. The Morgan fingerprint density at radius 1 is 1.16 bits per heavy atom. The summed E-state index contributed by atoms with van der Waals surface area (Å²) in [5, 5.41) is 6.40. The molecule has 2 N–H and O–H groups in total. The third-order valence-corrected chi connectivity index (χ3v) is 5.07. The third-order valence-electron chi connectivity index (χ3n) is 5.07. The molecule has 1 aliphatic heterocycles. The van der Waals surface area contributed by atoms with E-state index >= 15 is 0 Å². The summed E-state index contributed by atoms with van der Waals surface area (Å²) in [5.41, 5.74) is 2.76. The number of hydrogen-bond donors (Lipinski definition) is 2. The Bertz CT molecular complexity index is 701. The first-order chi connectivity index (χ1) is 12.2. The molecule has 0 aromatic heterocycles. The largest absolute Gasteiger partial charge is 0.322 e. The van der Waals surface area contributed by atoms with Crippen LogP contribution in [0.3, 0.4) is 0 Å². The van der Waals surface area contributed by atoms with Crippen LogP contribution in [0.25, 0.3) is 0 Å². The van der Waals surface area contributed by atoms with E-state index in [0.717, 1.165) is 18.8 Å². The maximum atomic E-state index is 12.3. The maximum absolute atomic E-state index is 12.3. The topological polar surface area (TPSA) is 44.4 Å². The van der Waals surface area contributed by atoms with Crippen molar-refractivity contribution in [1.29, 1.82) is 0 Å². The first-order valence-corrected chi connectivity index (χ1v) is 9.05. The molecule has 1 aliphatic rings. The van der Waals surface area contributed by atoms with Gasteiger partial charge in [0.1, 0.15) is 0 Å². The quantitative estimate of drug-likeness (QED) is 0.875. The molecule has 2 aromatic carbocycles. The van der Waals surface area contributed by atoms with Gasteiger partial charge in [0, 0.05) is 29.9 Å². The maximum Gasteiger partial charge on any atom is 0.255 e. The predicted molar refractivity (Wildman–Crippen MR) is 103 cm³/mol. The van der Waals surface area contributed by atoms with Crippen molar-refractivity contribution in [3.8, 4) is 0 Å². The zero-order valence-corrected chi connectivity index (χ0v) is 15.0. The molecular weight excluding hydrogens is 310 g/mol. The van der Waals surface area contributed by atoms with Crippen LogP contribution in [-0.4, -0.2) is 37.0 Å². The number of carbonyl (C=O) groups is 1. The van der Waals surface area contributed by atoms with E-state index in [1.165, 1.54) is 18.4 Å². The summed E-state index contributed by atoms with van der Waals surface area (Å²) in [6.45, 7) is 4.44. The van der Waals surface area contributed by atoms with Crippen LogP contribution in [0.1, 0.15) is 41.7 Å². The summed E-state index contributed by atoms with van der Waals surface area (Å²) in [6, 6.07) is 18.4. The van der Waals surface area contributed by atoms with E-state index in [4.69, 9.17) is 0 Å². The Kier molecular flexibility index (Phi) is 5.84. The van der Waals surface area contributed by atoms with Crippen molar-refractivity contribution >= 4 is 11.6 Å². The van der Waals surface area contributed by atoms with Crippen LogP contribution in [-0.2, 0) is 0 Å². The lowest BCUT2D eigenvalue weighted by Crippen LogP contribution is -2.45. The lowest BCUT2D eigenvalue weighted by molar-refractivity contribution is 0.102. The molecule has 25 heavy (non-hydrogen) atoms. The number of likely N-dealkylation sites (tertiary alicyclic amines) is 1. The van der Waals surface area contributed by atoms with Gasteiger partial charge in [0.05, 0.1) is 0 Å². The molecule has 0 saturated carbocycles. The highest BCUT2D eigenvalue weighted by Crippen LogP contribution is 2.26. The van der Waals surface area contributed by atoms with Crippen molar-refractivity contribution in [2.45, 2.75) is 31.8 Å². The second kappa shape index (κ2) is 8.28. The fourth-order valence-electron chi connectivity index (χ4n) is 3.47. The van der Waals surface area contributed by atoms with Gasteiger partial charge in [0.25, 0.3) is 5.91 Å². The summed E-state index contributed by atoms with van der Waals surface area (Å²) < 4.78 is 0. The standard InChI is InChI=1S/C21H27N3O/c1-16(24-13-7-12-20(15-24)22-2)18-10-6-11-19(14-18)23-21(25)17-8-4-3-5-9-17/h3-6,8-11,14,16,20,22H,7,12-13,15H2,1-2H3,(H,23,25). The van der Waals surface area contributed by atoms with Gasteiger partial charge < -0.3 is 10.6 Å². The summed E-state index contributed by atoms with van der Waals surface area (Å²) in [6.07, 6.45) is 2.47. The molecule has 4 nitrogen and oxygen atoms in total. The Morgan fingerprint density at radius 3 is 2.72 bits per heavy atom. The number of hydrogen-bond acceptors (Lipinski definition) is 3. The van der Waals surface area contributed by atoms with Crippen LogP contribution >= 0.6 is 0 Å². The molecule has 1 heterocycles. The molecule has 2 unspecified atom stereocenters. The zero-order chi connectivity index (χ0) is 17.6. The number of anilines is 1. The van der Waals surface area contributed by atoms with Crippen molar-refractivity contribution in [1.82, 2.24) is 10.2 Å². The van der Waals surface area contributed by atoms with Gasteiger partial charge in [-0.1, -0.05) is 30.3 Å². The molecule has 0 spiro atoms. The number of nitrogens with zero attached hydrogens (tertiary/aromatic N) is 1. The summed E-state index contributed by atoms with van der Waals surface area (Å²) in [4.78, 5) is 14.9. The molecule has 2 atom stereocenters. The first-order valence-electron chi connectivity index (χ1n) is 9.05. The number of benzene rings is 2. The summed E-state index contributed by atoms with van der Waals surface area (Å²) in [7, 11) is 2.04. The molecule has 132 valence electrons. The van der Waals surface area contributed by atoms with Crippen molar-refractivity contribution in [2.24, 2.45) is 0 Å². The normalized spacial score (nSPS) is 19.4. The monoisotopic (exact) mass is 337 g/mol. The minimum Gasteiger partial charge on any atom is -0.322 e. The highest BCUT2D eigenvalue weighted by molar-refractivity contribution is 6.04. The van der Waals surface area contributed by atoms with Crippen molar-refractivity contribution < 1.29 is 4.79 Å². The first kappa shape index (κ1) is 17.6. The van der Waals surface area contributed by atoms with E-state index in [0.29, 0.717) is 17.6 Å². The van der Waals surface area contributed by atoms with Gasteiger partial charge in [-0.15, -0.1) is 0 Å². The van der Waals surface area contributed by atoms with Crippen molar-refractivity contribution in [3.63, 3.8) is 0 Å². The fourth-order valence-corrected chi connectivity index (χ4v) is 3.47. The van der Waals surface area contributed by atoms with Crippen LogP contribution in [0.4, 0.5) is 5.69 Å². The SMILES string of the molecule is CNC1CCCN(C(C)c2cccc(NC(=O)c3ccccc3)c2)C1. The van der Waals surface area contributed by atoms with Crippen molar-refractivity contribution in [2.75, 3.05) is 25.5 Å². The van der Waals surface area contributed by atoms with E-state index in [-0.39, 0.29) is 5.91 Å². The Morgan fingerprint density at radius 2 is 1.96 bits per heavy atom. The van der Waals surface area contributed by atoms with Crippen LogP contribution in [0.2, 0.25) is 0 Å². The van der Waals surface area contributed by atoms with Crippen LogP contribution in [0, 0.1) is 0 Å². The van der Waals surface area contributed by atoms with E-state index in [1.807, 2.05) is 49.5 Å². The van der Waals surface area contributed by atoms with Gasteiger partial charge in [-0.3, -0.25) is 9.69 Å². The van der Waals surface area contributed by atoms with Gasteiger partial charge in [0.2, 0.25) is 0 Å². The number of rotatable bonds is 5. The molecular formula is C21H27N3O. The summed E-state index contributed by atoms with van der Waals surface area (Å²) >= 11 is 0. The molecule has 1 fully saturated rings. The second-order valence-corrected chi connectivity index (χ2v) is 6.74. The van der Waals surface area contributed by atoms with E-state index < -0.39 is 0 Å². The minimum atomic E-state index is -0.0707. The molecule has 3 rings (SSSR count). The molecule has 0 radical (unpaired) electrons. The average molecular weight is 337 g/mol. The highest BCUT2D eigenvalue weighted by Gasteiger charge is 2.23. The number of nitrogens with one attached hydrogen (secondary N) is 2. The average Bonchev–Trinajstić information content (AvgIpc) is 2.68. The smallest absolute Gasteiger partial charge is 0.255 e. The Balaban J connectivity index is 1.69. The molecule has 4 heteroatoms. The molecule has 0 aliphatic carbocycles. The lowest BCUT2D eigenvalue weighted by Gasteiger charge is -2.37. The van der Waals surface area contributed by atoms with Gasteiger partial charge in [-0.2, -0.15) is 0 Å². The third kappa shape index (κ3) is 4.47. The molecule has 1 saturated heterocycles. The van der Waals surface area contributed by atoms with E-state index in [9.17, 15) is 4.79 Å². The van der Waals surface area contributed by atoms with Crippen molar-refractivity contribution in [3.05, 3.63) is 65.7 Å². The van der Waals surface area contributed by atoms with Gasteiger partial charge >= 0.3 is 0 Å². The van der Waals surface area contributed by atoms with Gasteiger partial charge in [0.15, 0.2) is 0 Å². The second-order valence-electron chi connectivity index (χ2n) is 6.74. The van der Waals surface area contributed by atoms with Crippen LogP contribution < -0.4 is 10.6 Å². The van der Waals surface area contributed by atoms with E-state index in [2.05, 4.69) is 34.6 Å². The van der Waals surface area contributed by atoms with Gasteiger partial charge in [-0.05, 0) is 63.2 Å². The highest BCUT2D eigenvalue weighted by atomic mass is 16.1. The molecule has 2 aromatic rings. The fraction of sp³-hybridized carbons (Fsp3) is 0.381. The zero-order valence-electron chi connectivity index (χ0n) is 15.0. The lowest BCUT2D eigenvalue weighted by atomic mass is 10.00. The Hall–Kier alpha value is -2.17. The Labute approximate surface area is 150 Å².